The Morgan fingerprint density at radius 3 is 2.26 bits per heavy atom. The van der Waals surface area contributed by atoms with Crippen LogP contribution >= 0.6 is 0 Å². The summed E-state index contributed by atoms with van der Waals surface area (Å²) in [5, 5.41) is 3.44. The van der Waals surface area contributed by atoms with Crippen molar-refractivity contribution in [3.05, 3.63) is 23.0 Å². The fraction of sp³-hybridized carbons (Fsp3) is 0.786. The smallest absolute Gasteiger partial charge is 0.227 e. The van der Waals surface area contributed by atoms with Gasteiger partial charge in [-0.05, 0) is 67.9 Å². The van der Waals surface area contributed by atoms with Crippen molar-refractivity contribution in [2.75, 3.05) is 5.32 Å². The van der Waals surface area contributed by atoms with Crippen LogP contribution < -0.4 is 5.32 Å². The Labute approximate surface area is 190 Å². The van der Waals surface area contributed by atoms with Gasteiger partial charge in [0.25, 0.3) is 0 Å². The van der Waals surface area contributed by atoms with Crippen LogP contribution in [0.1, 0.15) is 132 Å². The minimum atomic E-state index is 0.173. The summed E-state index contributed by atoms with van der Waals surface area (Å²) in [5.74, 6) is 1.85. The van der Waals surface area contributed by atoms with Crippen LogP contribution in [0.5, 0.6) is 0 Å². The zero-order chi connectivity index (χ0) is 21.5. The summed E-state index contributed by atoms with van der Waals surface area (Å²) in [6.07, 6.45) is 24.6. The topological polar surface area (TPSA) is 42.0 Å². The van der Waals surface area contributed by atoms with Crippen LogP contribution in [0, 0.1) is 11.8 Å². The Morgan fingerprint density at radius 1 is 0.806 bits per heavy atom. The molecule has 0 aromatic carbocycles. The van der Waals surface area contributed by atoms with E-state index in [0.29, 0.717) is 5.92 Å². The van der Waals surface area contributed by atoms with E-state index in [2.05, 4.69) is 12.2 Å². The maximum atomic E-state index is 13.4. The second-order valence-corrected chi connectivity index (χ2v) is 10.8. The molecular formula is C28H44N2O. The molecule has 0 radical (unpaired) electrons. The van der Waals surface area contributed by atoms with Crippen molar-refractivity contribution in [1.82, 2.24) is 4.98 Å². The van der Waals surface area contributed by atoms with Gasteiger partial charge in [-0.1, -0.05) is 77.6 Å². The van der Waals surface area contributed by atoms with Gasteiger partial charge in [0.15, 0.2) is 0 Å². The molecule has 2 unspecified atom stereocenters. The van der Waals surface area contributed by atoms with Gasteiger partial charge in [0, 0.05) is 11.6 Å². The van der Waals surface area contributed by atoms with Gasteiger partial charge in [-0.2, -0.15) is 0 Å². The lowest BCUT2D eigenvalue weighted by molar-refractivity contribution is -0.120. The highest BCUT2D eigenvalue weighted by molar-refractivity contribution is 5.93. The van der Waals surface area contributed by atoms with Crippen LogP contribution in [0.15, 0.2) is 6.20 Å². The van der Waals surface area contributed by atoms with E-state index in [9.17, 15) is 4.79 Å². The van der Waals surface area contributed by atoms with Crippen molar-refractivity contribution in [2.24, 2.45) is 11.8 Å². The predicted octanol–water partition coefficient (Wildman–Crippen LogP) is 7.72. The van der Waals surface area contributed by atoms with Crippen LogP contribution in [0.2, 0.25) is 0 Å². The first-order chi connectivity index (χ1) is 15.2. The fourth-order valence-corrected chi connectivity index (χ4v) is 6.40. The number of amides is 1. The first-order valence-corrected chi connectivity index (χ1v) is 13.5. The number of fused-ring (bicyclic) bond motifs is 1. The lowest BCUT2D eigenvalue weighted by atomic mass is 9.85. The molecular weight excluding hydrogens is 380 g/mol. The van der Waals surface area contributed by atoms with E-state index >= 15 is 0 Å². The molecule has 31 heavy (non-hydrogen) atoms. The molecule has 172 valence electrons. The molecule has 3 nitrogen and oxygen atoms in total. The molecule has 1 amide bonds. The number of rotatable bonds is 3. The molecule has 0 saturated heterocycles. The third-order valence-electron chi connectivity index (χ3n) is 8.29. The second-order valence-electron chi connectivity index (χ2n) is 10.8. The molecule has 2 fully saturated rings. The molecule has 0 spiro atoms. The zero-order valence-electron chi connectivity index (χ0n) is 19.9. The van der Waals surface area contributed by atoms with E-state index in [4.69, 9.17) is 4.98 Å². The number of aryl methyl sites for hydroxylation is 1. The number of aromatic nitrogens is 1. The van der Waals surface area contributed by atoms with Gasteiger partial charge in [0.2, 0.25) is 5.91 Å². The van der Waals surface area contributed by atoms with Gasteiger partial charge in [-0.25, -0.2) is 0 Å². The fourth-order valence-electron chi connectivity index (χ4n) is 6.40. The van der Waals surface area contributed by atoms with Crippen LogP contribution in [0.4, 0.5) is 5.69 Å². The predicted molar refractivity (Wildman–Crippen MR) is 130 cm³/mol. The highest BCUT2D eigenvalue weighted by Gasteiger charge is 2.27. The van der Waals surface area contributed by atoms with Crippen LogP contribution in [0.25, 0.3) is 0 Å². The Morgan fingerprint density at radius 2 is 1.45 bits per heavy atom. The number of anilines is 1. The molecule has 1 aromatic heterocycles. The summed E-state index contributed by atoms with van der Waals surface area (Å²) >= 11 is 0. The van der Waals surface area contributed by atoms with Gasteiger partial charge in [0.05, 0.1) is 11.9 Å². The molecule has 3 heteroatoms. The number of nitrogens with zero attached hydrogens (tertiary/aromatic N) is 1. The number of carbonyl (C=O) groups excluding carboxylic acids is 1. The minimum Gasteiger partial charge on any atom is -0.324 e. The molecule has 4 rings (SSSR count). The van der Waals surface area contributed by atoms with Crippen LogP contribution in [-0.2, 0) is 17.6 Å². The lowest BCUT2D eigenvalue weighted by Crippen LogP contribution is -2.24. The summed E-state index contributed by atoms with van der Waals surface area (Å²) in [4.78, 5) is 18.2. The standard InChI is InChI=1S/C28H44N2O/c1-21-12-8-9-16-23(17-10-13-21)28(31)30-26-20-29-25-19-11-18-24(25)27(26)22-14-6-4-2-3-5-7-15-22/h20-23H,2-19H2,1H3,(H,30,31). The third kappa shape index (κ3) is 6.11. The summed E-state index contributed by atoms with van der Waals surface area (Å²) in [7, 11) is 0. The zero-order valence-corrected chi connectivity index (χ0v) is 19.9. The number of hydrogen-bond donors (Lipinski definition) is 1. The number of nitrogens with one attached hydrogen (secondary N) is 1. The molecule has 2 saturated carbocycles. The van der Waals surface area contributed by atoms with Crippen molar-refractivity contribution in [1.29, 1.82) is 0 Å². The molecule has 0 aliphatic heterocycles. The van der Waals surface area contributed by atoms with E-state index in [1.807, 2.05) is 6.20 Å². The summed E-state index contributed by atoms with van der Waals surface area (Å²) < 4.78 is 0. The maximum absolute atomic E-state index is 13.4. The Hall–Kier alpha value is -1.38. The summed E-state index contributed by atoms with van der Waals surface area (Å²) in [6.45, 7) is 2.38. The van der Waals surface area contributed by atoms with Gasteiger partial charge < -0.3 is 5.32 Å². The average molecular weight is 425 g/mol. The minimum absolute atomic E-state index is 0.173. The van der Waals surface area contributed by atoms with Crippen molar-refractivity contribution in [2.45, 2.75) is 128 Å². The number of carbonyl (C=O) groups is 1. The lowest BCUT2D eigenvalue weighted by Gasteiger charge is -2.25. The molecule has 3 aliphatic rings. The van der Waals surface area contributed by atoms with E-state index in [-0.39, 0.29) is 11.8 Å². The highest BCUT2D eigenvalue weighted by Crippen LogP contribution is 2.40. The van der Waals surface area contributed by atoms with Gasteiger partial charge in [-0.15, -0.1) is 0 Å². The number of hydrogen-bond acceptors (Lipinski definition) is 2. The van der Waals surface area contributed by atoms with Crippen LogP contribution in [-0.4, -0.2) is 10.9 Å². The second kappa shape index (κ2) is 11.5. The first kappa shape index (κ1) is 22.8. The molecule has 0 bridgehead atoms. The third-order valence-corrected chi connectivity index (χ3v) is 8.29. The van der Waals surface area contributed by atoms with E-state index in [1.165, 1.54) is 107 Å². The van der Waals surface area contributed by atoms with Crippen molar-refractivity contribution < 1.29 is 4.79 Å². The number of pyridine rings is 1. The molecule has 3 aliphatic carbocycles. The van der Waals surface area contributed by atoms with E-state index in [0.717, 1.165) is 37.3 Å². The van der Waals surface area contributed by atoms with Crippen molar-refractivity contribution >= 4 is 11.6 Å². The van der Waals surface area contributed by atoms with Crippen molar-refractivity contribution in [3.8, 4) is 0 Å². The van der Waals surface area contributed by atoms with Crippen molar-refractivity contribution in [3.63, 3.8) is 0 Å². The largest absolute Gasteiger partial charge is 0.324 e. The molecule has 1 N–H and O–H groups in total. The highest BCUT2D eigenvalue weighted by atomic mass is 16.1. The average Bonchev–Trinajstić information content (AvgIpc) is 3.30. The first-order valence-electron chi connectivity index (χ1n) is 13.5. The molecule has 1 heterocycles. The summed E-state index contributed by atoms with van der Waals surface area (Å²) in [6, 6.07) is 0. The normalized spacial score (nSPS) is 26.5. The SMILES string of the molecule is CC1CCCCC(C(=O)Nc2cnc3c(c2C2CCCCCCCC2)CCC3)CCC1. The van der Waals surface area contributed by atoms with Gasteiger partial charge in [0.1, 0.15) is 0 Å². The quantitative estimate of drug-likeness (QED) is 0.539. The molecule has 1 aromatic rings. The summed E-state index contributed by atoms with van der Waals surface area (Å²) in [5.41, 5.74) is 5.34. The molecule has 2 atom stereocenters. The van der Waals surface area contributed by atoms with E-state index in [1.54, 1.807) is 0 Å². The maximum Gasteiger partial charge on any atom is 0.227 e. The van der Waals surface area contributed by atoms with Gasteiger partial charge in [-0.3, -0.25) is 9.78 Å². The van der Waals surface area contributed by atoms with E-state index < -0.39 is 0 Å². The monoisotopic (exact) mass is 424 g/mol. The van der Waals surface area contributed by atoms with Gasteiger partial charge >= 0.3 is 0 Å². The Kier molecular flexibility index (Phi) is 8.44. The van der Waals surface area contributed by atoms with Crippen LogP contribution in [0.3, 0.4) is 0 Å². The Balaban J connectivity index is 1.54. The Bertz CT molecular complexity index is 718.